The summed E-state index contributed by atoms with van der Waals surface area (Å²) in [5, 5.41) is 19.4. The Labute approximate surface area is 178 Å². The number of carboxylic acids is 1. The van der Waals surface area contributed by atoms with Crippen LogP contribution in [0.3, 0.4) is 0 Å². The van der Waals surface area contributed by atoms with E-state index in [0.29, 0.717) is 15.8 Å². The number of thioether (sulfide) groups is 1. The van der Waals surface area contributed by atoms with E-state index in [1.807, 2.05) is 43.3 Å². The van der Waals surface area contributed by atoms with Crippen LogP contribution in [0.1, 0.15) is 15.9 Å². The van der Waals surface area contributed by atoms with Gasteiger partial charge in [-0.3, -0.25) is 9.69 Å². The van der Waals surface area contributed by atoms with Crippen molar-refractivity contribution in [3.63, 3.8) is 0 Å². The van der Waals surface area contributed by atoms with Gasteiger partial charge in [0.05, 0.1) is 10.6 Å². The number of nitrogens with zero attached hydrogens (tertiary/aromatic N) is 3. The van der Waals surface area contributed by atoms with E-state index in [-0.39, 0.29) is 23.8 Å². The molecular formula is C22H21N3O4S. The van der Waals surface area contributed by atoms with Gasteiger partial charge in [0.2, 0.25) is 0 Å². The van der Waals surface area contributed by atoms with Gasteiger partial charge in [-0.15, -0.1) is 6.58 Å². The molecule has 0 unspecified atom stereocenters. The number of amidine groups is 1. The molecule has 1 saturated heterocycles. The Morgan fingerprint density at radius 1 is 1.23 bits per heavy atom. The van der Waals surface area contributed by atoms with Crippen LogP contribution in [0.4, 0.5) is 11.4 Å². The third-order valence-corrected chi connectivity index (χ3v) is 5.35. The predicted octanol–water partition coefficient (Wildman–Crippen LogP) is 3.95. The normalized spacial score (nSPS) is 16.3. The highest BCUT2D eigenvalue weighted by Gasteiger charge is 2.32. The molecule has 1 amide bonds. The predicted molar refractivity (Wildman–Crippen MR) is 120 cm³/mol. The van der Waals surface area contributed by atoms with Crippen LogP contribution in [-0.4, -0.2) is 52.8 Å². The first-order valence-electron chi connectivity index (χ1n) is 9.05. The number of aliphatic imine (C=N–C) groups is 1. The maximum absolute atomic E-state index is 12.9. The van der Waals surface area contributed by atoms with Crippen molar-refractivity contribution >= 4 is 46.3 Å². The van der Waals surface area contributed by atoms with Crippen molar-refractivity contribution in [3.05, 3.63) is 71.2 Å². The summed E-state index contributed by atoms with van der Waals surface area (Å²) < 4.78 is 0. The Hall–Kier alpha value is -3.52. The van der Waals surface area contributed by atoms with E-state index in [4.69, 9.17) is 5.11 Å². The average Bonchev–Trinajstić information content (AvgIpc) is 2.97. The van der Waals surface area contributed by atoms with Crippen LogP contribution in [0, 0.1) is 0 Å². The average molecular weight is 423 g/mol. The van der Waals surface area contributed by atoms with Crippen LogP contribution in [0.2, 0.25) is 0 Å². The number of hydrogen-bond donors (Lipinski definition) is 2. The van der Waals surface area contributed by atoms with E-state index in [2.05, 4.69) is 11.6 Å². The first-order chi connectivity index (χ1) is 14.3. The quantitative estimate of drug-likeness (QED) is 0.540. The molecule has 2 aromatic carbocycles. The van der Waals surface area contributed by atoms with Crippen LogP contribution < -0.4 is 4.90 Å². The lowest BCUT2D eigenvalue weighted by molar-refractivity contribution is -0.121. The number of aromatic carboxylic acids is 1. The number of carboxylic acid groups (broad SMARTS) is 1. The van der Waals surface area contributed by atoms with Gasteiger partial charge in [0.1, 0.15) is 11.3 Å². The monoisotopic (exact) mass is 423 g/mol. The molecule has 7 nitrogen and oxygen atoms in total. The molecule has 0 atom stereocenters. The second-order valence-electron chi connectivity index (χ2n) is 6.70. The molecule has 2 N–H and O–H groups in total. The van der Waals surface area contributed by atoms with E-state index in [0.717, 1.165) is 11.3 Å². The van der Waals surface area contributed by atoms with Crippen LogP contribution in [-0.2, 0) is 4.79 Å². The molecule has 8 heteroatoms. The van der Waals surface area contributed by atoms with Gasteiger partial charge in [-0.05, 0) is 47.7 Å². The molecule has 30 heavy (non-hydrogen) atoms. The second kappa shape index (κ2) is 8.87. The van der Waals surface area contributed by atoms with E-state index in [1.54, 1.807) is 12.2 Å². The fourth-order valence-electron chi connectivity index (χ4n) is 2.78. The van der Waals surface area contributed by atoms with E-state index >= 15 is 0 Å². The molecule has 1 aliphatic rings. The summed E-state index contributed by atoms with van der Waals surface area (Å²) in [6.07, 6.45) is 3.41. The van der Waals surface area contributed by atoms with E-state index < -0.39 is 5.97 Å². The zero-order valence-corrected chi connectivity index (χ0v) is 17.4. The number of rotatable bonds is 6. The van der Waals surface area contributed by atoms with Gasteiger partial charge >= 0.3 is 5.97 Å². The van der Waals surface area contributed by atoms with Crippen molar-refractivity contribution in [3.8, 4) is 5.75 Å². The molecule has 0 aliphatic carbocycles. The minimum atomic E-state index is -1.23. The molecule has 0 saturated carbocycles. The molecule has 154 valence electrons. The van der Waals surface area contributed by atoms with Gasteiger partial charge in [-0.25, -0.2) is 9.79 Å². The standard InChI is InChI=1S/C22H21N3O4S/c1-4-11-25-20(27)19(12-14-5-8-16(9-6-14)24(2)3)30-22(25)23-15-7-10-17(21(28)29)18(26)13-15/h4-10,12-13,26H,1,11H2,2-3H3,(H,28,29)/b19-12-,23-22?. The summed E-state index contributed by atoms with van der Waals surface area (Å²) in [6.45, 7) is 3.97. The molecule has 0 aromatic heterocycles. The summed E-state index contributed by atoms with van der Waals surface area (Å²) in [6, 6.07) is 11.8. The summed E-state index contributed by atoms with van der Waals surface area (Å²) >= 11 is 1.21. The molecule has 0 radical (unpaired) electrons. The smallest absolute Gasteiger partial charge is 0.339 e. The minimum Gasteiger partial charge on any atom is -0.507 e. The zero-order chi connectivity index (χ0) is 21.8. The lowest BCUT2D eigenvalue weighted by Gasteiger charge is -2.13. The minimum absolute atomic E-state index is 0.193. The third-order valence-electron chi connectivity index (χ3n) is 4.34. The van der Waals surface area contributed by atoms with Crippen molar-refractivity contribution in [1.82, 2.24) is 4.90 Å². The Balaban J connectivity index is 1.92. The number of anilines is 1. The number of carbonyl (C=O) groups is 2. The molecule has 3 rings (SSSR count). The second-order valence-corrected chi connectivity index (χ2v) is 7.71. The maximum Gasteiger partial charge on any atom is 0.339 e. The molecular weight excluding hydrogens is 402 g/mol. The van der Waals surface area contributed by atoms with Gasteiger partial charge in [-0.1, -0.05) is 18.2 Å². The highest BCUT2D eigenvalue weighted by Crippen LogP contribution is 2.35. The molecule has 2 aromatic rings. The first kappa shape index (κ1) is 21.2. The highest BCUT2D eigenvalue weighted by atomic mass is 32.2. The summed E-state index contributed by atoms with van der Waals surface area (Å²) in [5.74, 6) is -1.80. The van der Waals surface area contributed by atoms with Crippen LogP contribution >= 0.6 is 11.8 Å². The van der Waals surface area contributed by atoms with E-state index in [1.165, 1.54) is 34.9 Å². The van der Waals surface area contributed by atoms with Crippen molar-refractivity contribution < 1.29 is 19.8 Å². The van der Waals surface area contributed by atoms with Crippen molar-refractivity contribution in [2.75, 3.05) is 25.5 Å². The first-order valence-corrected chi connectivity index (χ1v) is 9.86. The maximum atomic E-state index is 12.9. The topological polar surface area (TPSA) is 93.4 Å². The number of carbonyl (C=O) groups excluding carboxylic acids is 1. The lowest BCUT2D eigenvalue weighted by atomic mass is 10.2. The van der Waals surface area contributed by atoms with Crippen molar-refractivity contribution in [2.45, 2.75) is 0 Å². The molecule has 1 aliphatic heterocycles. The van der Waals surface area contributed by atoms with Gasteiger partial charge in [0.15, 0.2) is 5.17 Å². The fraction of sp³-hybridized carbons (Fsp3) is 0.136. The molecule has 1 fully saturated rings. The number of hydrogen-bond acceptors (Lipinski definition) is 6. The summed E-state index contributed by atoms with van der Waals surface area (Å²) in [7, 11) is 3.92. The van der Waals surface area contributed by atoms with E-state index in [9.17, 15) is 14.7 Å². The Morgan fingerprint density at radius 3 is 2.50 bits per heavy atom. The largest absolute Gasteiger partial charge is 0.507 e. The van der Waals surface area contributed by atoms with Gasteiger partial charge < -0.3 is 15.1 Å². The van der Waals surface area contributed by atoms with Crippen LogP contribution in [0.15, 0.2) is 65.0 Å². The Bertz CT molecular complexity index is 1060. The van der Waals surface area contributed by atoms with Crippen molar-refractivity contribution in [1.29, 1.82) is 0 Å². The third kappa shape index (κ3) is 4.55. The molecule has 0 spiro atoms. The number of aromatic hydroxyl groups is 1. The lowest BCUT2D eigenvalue weighted by Crippen LogP contribution is -2.29. The molecule has 0 bridgehead atoms. The molecule has 1 heterocycles. The number of phenols is 1. The van der Waals surface area contributed by atoms with Gasteiger partial charge in [0.25, 0.3) is 5.91 Å². The zero-order valence-electron chi connectivity index (χ0n) is 16.6. The highest BCUT2D eigenvalue weighted by molar-refractivity contribution is 8.18. The van der Waals surface area contributed by atoms with Gasteiger partial charge in [0, 0.05) is 32.4 Å². The number of benzene rings is 2. The SMILES string of the molecule is C=CCN1C(=O)/C(=C/c2ccc(N(C)C)cc2)SC1=Nc1ccc(C(=O)O)c(O)c1. The van der Waals surface area contributed by atoms with Gasteiger partial charge in [-0.2, -0.15) is 0 Å². The summed E-state index contributed by atoms with van der Waals surface area (Å²) in [4.78, 5) is 32.3. The van der Waals surface area contributed by atoms with Crippen LogP contribution in [0.5, 0.6) is 5.75 Å². The van der Waals surface area contributed by atoms with Crippen LogP contribution in [0.25, 0.3) is 6.08 Å². The van der Waals surface area contributed by atoms with Crippen molar-refractivity contribution in [2.24, 2.45) is 4.99 Å². The summed E-state index contributed by atoms with van der Waals surface area (Å²) in [5.41, 5.74) is 2.08. The Morgan fingerprint density at radius 2 is 1.93 bits per heavy atom. The number of amides is 1. The fourth-order valence-corrected chi connectivity index (χ4v) is 3.79. The Kier molecular flexibility index (Phi) is 6.27.